The van der Waals surface area contributed by atoms with E-state index in [4.69, 9.17) is 5.21 Å². The summed E-state index contributed by atoms with van der Waals surface area (Å²) < 4.78 is 27.5. The zero-order chi connectivity index (χ0) is 20.9. The molecule has 28 heavy (non-hydrogen) atoms. The maximum atomic E-state index is 13.2. The number of alkyl halides is 2. The lowest BCUT2D eigenvalue weighted by Gasteiger charge is -2.40. The van der Waals surface area contributed by atoms with Gasteiger partial charge in [-0.05, 0) is 72.4 Å². The van der Waals surface area contributed by atoms with E-state index in [1.807, 2.05) is 36.4 Å². The lowest BCUT2D eigenvalue weighted by molar-refractivity contribution is -0.167. The van der Waals surface area contributed by atoms with Gasteiger partial charge >= 0.3 is 0 Å². The van der Waals surface area contributed by atoms with Gasteiger partial charge in [-0.15, -0.1) is 11.3 Å². The number of benzene rings is 1. The normalized spacial score (nSPS) is 15.9. The van der Waals surface area contributed by atoms with Crippen LogP contribution in [0.25, 0.3) is 10.4 Å². The molecule has 1 aromatic heterocycles. The Morgan fingerprint density at radius 1 is 1.21 bits per heavy atom. The first-order valence-corrected chi connectivity index (χ1v) is 10.3. The Labute approximate surface area is 174 Å². The quantitative estimate of drug-likeness (QED) is 0.250. The van der Waals surface area contributed by atoms with Gasteiger partial charge in [-0.3, -0.25) is 10.0 Å². The molecule has 0 saturated heterocycles. The van der Waals surface area contributed by atoms with Crippen LogP contribution in [-0.4, -0.2) is 40.3 Å². The van der Waals surface area contributed by atoms with Gasteiger partial charge in [0.2, 0.25) is 0 Å². The molecule has 154 valence electrons. The van der Waals surface area contributed by atoms with E-state index in [2.05, 4.69) is 21.2 Å². The van der Waals surface area contributed by atoms with Crippen LogP contribution in [0.4, 0.5) is 8.78 Å². The summed E-state index contributed by atoms with van der Waals surface area (Å²) in [4.78, 5) is 13.1. The molecule has 0 saturated carbocycles. The van der Waals surface area contributed by atoms with Crippen molar-refractivity contribution in [3.63, 3.8) is 0 Å². The maximum Gasteiger partial charge on any atom is 0.268 e. The largest absolute Gasteiger partial charge is 0.382 e. The summed E-state index contributed by atoms with van der Waals surface area (Å²) in [5.41, 5.74) is -1.18. The van der Waals surface area contributed by atoms with Crippen LogP contribution in [0.2, 0.25) is 0 Å². The van der Waals surface area contributed by atoms with Crippen molar-refractivity contribution in [2.45, 2.75) is 44.3 Å². The molecule has 2 rings (SSSR count). The fourth-order valence-electron chi connectivity index (χ4n) is 2.76. The molecule has 0 aliphatic carbocycles. The van der Waals surface area contributed by atoms with Crippen molar-refractivity contribution in [1.82, 2.24) is 10.8 Å². The number of aliphatic hydroxyl groups is 1. The zero-order valence-corrected chi connectivity index (χ0v) is 17.9. The molecule has 4 N–H and O–H groups in total. The summed E-state index contributed by atoms with van der Waals surface area (Å²) in [7, 11) is 0. The van der Waals surface area contributed by atoms with Crippen LogP contribution >= 0.6 is 27.3 Å². The number of hydrogen-bond donors (Lipinski definition) is 4. The molecule has 2 unspecified atom stereocenters. The Kier molecular flexibility index (Phi) is 7.69. The Morgan fingerprint density at radius 2 is 1.86 bits per heavy atom. The lowest BCUT2D eigenvalue weighted by Crippen LogP contribution is -2.70. The van der Waals surface area contributed by atoms with E-state index in [1.54, 1.807) is 11.3 Å². The van der Waals surface area contributed by atoms with Crippen LogP contribution in [0.1, 0.15) is 25.8 Å². The molecule has 1 aromatic carbocycles. The molecule has 0 spiro atoms. The number of carbonyl (C=O) groups excluding carboxylic acids is 1. The number of halogens is 3. The first-order valence-electron chi connectivity index (χ1n) is 8.66. The topological polar surface area (TPSA) is 81.6 Å². The average Bonchev–Trinajstić information content (AvgIpc) is 3.10. The number of hydroxylamine groups is 1. The van der Waals surface area contributed by atoms with E-state index < -0.39 is 23.5 Å². The molecule has 9 heteroatoms. The second kappa shape index (κ2) is 9.41. The minimum Gasteiger partial charge on any atom is -0.382 e. The Hall–Kier alpha value is -1.39. The highest BCUT2D eigenvalue weighted by atomic mass is 79.9. The second-order valence-corrected chi connectivity index (χ2v) is 9.31. The summed E-state index contributed by atoms with van der Waals surface area (Å²) >= 11 is 5.09. The van der Waals surface area contributed by atoms with E-state index in [0.29, 0.717) is 12.8 Å². The van der Waals surface area contributed by atoms with Crippen molar-refractivity contribution in [2.24, 2.45) is 0 Å². The number of carbonyl (C=O) groups is 1. The SMILES string of the molecule is CC(NCCCc1ccc(-c2ccc(Br)s2)cc1)(C(=O)NO)C(C)(O)C(F)F. The van der Waals surface area contributed by atoms with Crippen LogP contribution in [0, 0.1) is 0 Å². The lowest BCUT2D eigenvalue weighted by atomic mass is 9.81. The molecule has 0 aliphatic rings. The highest BCUT2D eigenvalue weighted by molar-refractivity contribution is 9.11. The molecule has 2 atom stereocenters. The van der Waals surface area contributed by atoms with E-state index in [-0.39, 0.29) is 6.54 Å². The van der Waals surface area contributed by atoms with Gasteiger partial charge in [0.25, 0.3) is 12.3 Å². The zero-order valence-electron chi connectivity index (χ0n) is 15.5. The Balaban J connectivity index is 1.95. The standard InChI is InChI=1S/C19H23BrF2N2O3S/c1-18(17(25)24-27,19(2,26)16(21)22)23-11-3-4-12-5-7-13(8-6-12)14-9-10-15(20)28-14/h5-10,16,23,26-27H,3-4,11H2,1-2H3,(H,24,25). The number of nitrogens with one attached hydrogen (secondary N) is 2. The molecule has 0 fully saturated rings. The van der Waals surface area contributed by atoms with Gasteiger partial charge in [0.1, 0.15) is 11.1 Å². The molecule has 1 heterocycles. The van der Waals surface area contributed by atoms with Crippen LogP contribution in [0.3, 0.4) is 0 Å². The predicted molar refractivity (Wildman–Crippen MR) is 109 cm³/mol. The van der Waals surface area contributed by atoms with Crippen molar-refractivity contribution >= 4 is 33.2 Å². The second-order valence-electron chi connectivity index (χ2n) is 6.85. The summed E-state index contributed by atoms with van der Waals surface area (Å²) in [6, 6.07) is 12.1. The first-order chi connectivity index (χ1) is 13.1. The highest BCUT2D eigenvalue weighted by Crippen LogP contribution is 2.31. The molecule has 0 bridgehead atoms. The van der Waals surface area contributed by atoms with Crippen molar-refractivity contribution in [3.8, 4) is 10.4 Å². The predicted octanol–water partition coefficient (Wildman–Crippen LogP) is 3.98. The molecular weight excluding hydrogens is 454 g/mol. The molecule has 0 aliphatic heterocycles. The van der Waals surface area contributed by atoms with Crippen LogP contribution in [-0.2, 0) is 11.2 Å². The molecular formula is C19H23BrF2N2O3S. The van der Waals surface area contributed by atoms with Crippen molar-refractivity contribution < 1.29 is 23.9 Å². The Bertz CT molecular complexity index is 799. The van der Waals surface area contributed by atoms with Gasteiger partial charge in [-0.1, -0.05) is 24.3 Å². The number of thiophene rings is 1. The summed E-state index contributed by atoms with van der Waals surface area (Å²) in [5, 5.41) is 21.6. The van der Waals surface area contributed by atoms with Crippen LogP contribution < -0.4 is 10.8 Å². The smallest absolute Gasteiger partial charge is 0.268 e. The summed E-state index contributed by atoms with van der Waals surface area (Å²) in [5.74, 6) is -1.12. The van der Waals surface area contributed by atoms with E-state index in [1.165, 1.54) is 5.48 Å². The molecule has 1 amide bonds. The maximum absolute atomic E-state index is 13.2. The van der Waals surface area contributed by atoms with Gasteiger partial charge in [-0.2, -0.15) is 0 Å². The Morgan fingerprint density at radius 3 is 2.36 bits per heavy atom. The third-order valence-corrected chi connectivity index (χ3v) is 6.60. The van der Waals surface area contributed by atoms with Crippen LogP contribution in [0.15, 0.2) is 40.2 Å². The van der Waals surface area contributed by atoms with Crippen molar-refractivity contribution in [2.75, 3.05) is 6.54 Å². The monoisotopic (exact) mass is 476 g/mol. The fourth-order valence-corrected chi connectivity index (χ4v) is 4.15. The van der Waals surface area contributed by atoms with Gasteiger partial charge < -0.3 is 10.4 Å². The van der Waals surface area contributed by atoms with Gasteiger partial charge in [0, 0.05) is 4.88 Å². The number of hydrogen-bond acceptors (Lipinski definition) is 5. The van der Waals surface area contributed by atoms with Crippen molar-refractivity contribution in [3.05, 3.63) is 45.7 Å². The summed E-state index contributed by atoms with van der Waals surface area (Å²) in [6.07, 6.45) is -1.96. The van der Waals surface area contributed by atoms with Crippen LogP contribution in [0.5, 0.6) is 0 Å². The van der Waals surface area contributed by atoms with Gasteiger partial charge in [0.15, 0.2) is 0 Å². The molecule has 0 radical (unpaired) electrons. The average molecular weight is 477 g/mol. The van der Waals surface area contributed by atoms with E-state index in [9.17, 15) is 18.7 Å². The van der Waals surface area contributed by atoms with Gasteiger partial charge in [0.05, 0.1) is 3.79 Å². The molecule has 2 aromatic rings. The number of rotatable bonds is 9. The highest BCUT2D eigenvalue weighted by Gasteiger charge is 2.54. The number of aryl methyl sites for hydroxylation is 1. The fraction of sp³-hybridized carbons (Fsp3) is 0.421. The minimum absolute atomic E-state index is 0.201. The third kappa shape index (κ3) is 4.96. The van der Waals surface area contributed by atoms with Gasteiger partial charge in [-0.25, -0.2) is 14.3 Å². The first kappa shape index (κ1) is 22.9. The van der Waals surface area contributed by atoms with E-state index in [0.717, 1.165) is 33.6 Å². The summed E-state index contributed by atoms with van der Waals surface area (Å²) in [6.45, 7) is 2.20. The minimum atomic E-state index is -3.17. The number of amides is 1. The molecule has 5 nitrogen and oxygen atoms in total. The van der Waals surface area contributed by atoms with Crippen molar-refractivity contribution in [1.29, 1.82) is 0 Å². The third-order valence-electron chi connectivity index (χ3n) is 4.93. The van der Waals surface area contributed by atoms with E-state index >= 15 is 0 Å².